The highest BCUT2D eigenvalue weighted by molar-refractivity contribution is 7.15. The number of rotatable bonds is 3. The van der Waals surface area contributed by atoms with Gasteiger partial charge in [-0.15, -0.1) is 0 Å². The molecule has 1 heterocycles. The Labute approximate surface area is 147 Å². The van der Waals surface area contributed by atoms with Gasteiger partial charge in [0.1, 0.15) is 5.69 Å². The maximum atomic E-state index is 12.6. The Kier molecular flexibility index (Phi) is 4.17. The minimum Gasteiger partial charge on any atom is -0.290 e. The highest BCUT2D eigenvalue weighted by Crippen LogP contribution is 2.47. The Morgan fingerprint density at radius 2 is 1.88 bits per heavy atom. The molecule has 0 atom stereocenters. The van der Waals surface area contributed by atoms with Crippen molar-refractivity contribution in [2.24, 2.45) is 5.41 Å². The molecule has 1 fully saturated rings. The first-order valence-electron chi connectivity index (χ1n) is 9.05. The molecule has 4 heteroatoms. The fourth-order valence-corrected chi connectivity index (χ4v) is 5.76. The zero-order valence-corrected chi connectivity index (χ0v) is 14.9. The topological polar surface area (TPSA) is 47.0 Å². The summed E-state index contributed by atoms with van der Waals surface area (Å²) in [6.07, 6.45) is 10.4. The average Bonchev–Trinajstić information content (AvgIpc) is 2.91. The average molecular weight is 342 g/mol. The highest BCUT2D eigenvalue weighted by atomic mass is 32.1. The SMILES string of the molecule is Nc1sc2c([n+]1CC(=O)c1ccccc1)CCC1(CCCCC1)C2. The second kappa shape index (κ2) is 6.32. The lowest BCUT2D eigenvalue weighted by Crippen LogP contribution is -2.44. The molecular formula is C20H25N2OS+. The van der Waals surface area contributed by atoms with E-state index in [9.17, 15) is 4.79 Å². The van der Waals surface area contributed by atoms with Gasteiger partial charge in [-0.05, 0) is 31.1 Å². The van der Waals surface area contributed by atoms with Crippen molar-refractivity contribution in [1.82, 2.24) is 0 Å². The molecular weight excluding hydrogens is 316 g/mol. The van der Waals surface area contributed by atoms with Crippen LogP contribution in [-0.2, 0) is 19.4 Å². The highest BCUT2D eigenvalue weighted by Gasteiger charge is 2.39. The largest absolute Gasteiger partial charge is 0.332 e. The van der Waals surface area contributed by atoms with E-state index in [2.05, 4.69) is 4.57 Å². The number of Topliss-reactive ketones (excluding diaryl/α,β-unsaturated/α-hetero) is 1. The van der Waals surface area contributed by atoms with Gasteiger partial charge >= 0.3 is 5.13 Å². The summed E-state index contributed by atoms with van der Waals surface area (Å²) in [7, 11) is 0. The van der Waals surface area contributed by atoms with Crippen molar-refractivity contribution < 1.29 is 9.36 Å². The Bertz CT molecular complexity index is 744. The summed E-state index contributed by atoms with van der Waals surface area (Å²) in [5.74, 6) is 0.144. The molecule has 0 radical (unpaired) electrons. The molecule has 0 saturated heterocycles. The van der Waals surface area contributed by atoms with Crippen LogP contribution in [0.1, 0.15) is 59.5 Å². The number of ketones is 1. The van der Waals surface area contributed by atoms with Gasteiger partial charge in [-0.3, -0.25) is 10.5 Å². The monoisotopic (exact) mass is 341 g/mol. The molecule has 1 spiro atoms. The molecule has 1 aromatic heterocycles. The Morgan fingerprint density at radius 3 is 2.62 bits per heavy atom. The third-order valence-corrected chi connectivity index (χ3v) is 6.94. The van der Waals surface area contributed by atoms with Crippen LogP contribution in [0.4, 0.5) is 5.13 Å². The zero-order chi connectivity index (χ0) is 16.6. The van der Waals surface area contributed by atoms with Crippen LogP contribution in [0.15, 0.2) is 30.3 Å². The second-order valence-corrected chi connectivity index (χ2v) is 8.54. The van der Waals surface area contributed by atoms with Crippen molar-refractivity contribution in [2.45, 2.75) is 57.9 Å². The lowest BCUT2D eigenvalue weighted by Gasteiger charge is -2.39. The number of fused-ring (bicyclic) bond motifs is 1. The van der Waals surface area contributed by atoms with E-state index in [-0.39, 0.29) is 5.78 Å². The van der Waals surface area contributed by atoms with Crippen molar-refractivity contribution in [3.8, 4) is 0 Å². The molecule has 126 valence electrons. The number of carbonyl (C=O) groups excluding carboxylic acids is 1. The molecule has 2 N–H and O–H groups in total. The van der Waals surface area contributed by atoms with Crippen molar-refractivity contribution in [3.63, 3.8) is 0 Å². The summed E-state index contributed by atoms with van der Waals surface area (Å²) in [5.41, 5.74) is 8.90. The third kappa shape index (κ3) is 2.88. The smallest absolute Gasteiger partial charge is 0.290 e. The van der Waals surface area contributed by atoms with E-state index in [1.807, 2.05) is 30.3 Å². The molecule has 0 aliphatic heterocycles. The first kappa shape index (κ1) is 15.8. The molecule has 1 aromatic carbocycles. The number of nitrogens with zero attached hydrogens (tertiary/aromatic N) is 1. The summed E-state index contributed by atoms with van der Waals surface area (Å²) >= 11 is 1.71. The molecule has 2 aromatic rings. The minimum absolute atomic E-state index is 0.144. The molecule has 0 amide bonds. The predicted octanol–water partition coefficient (Wildman–Crippen LogP) is 3.94. The van der Waals surface area contributed by atoms with E-state index in [4.69, 9.17) is 5.73 Å². The Balaban J connectivity index is 1.57. The Hall–Kier alpha value is -1.68. The second-order valence-electron chi connectivity index (χ2n) is 7.42. The Morgan fingerprint density at radius 1 is 1.12 bits per heavy atom. The van der Waals surface area contributed by atoms with Gasteiger partial charge in [0.25, 0.3) is 0 Å². The fraction of sp³-hybridized carbons (Fsp3) is 0.500. The summed E-state index contributed by atoms with van der Waals surface area (Å²) in [5, 5.41) is 0.789. The van der Waals surface area contributed by atoms with E-state index < -0.39 is 0 Å². The predicted molar refractivity (Wildman–Crippen MR) is 97.2 cm³/mol. The van der Waals surface area contributed by atoms with Crippen LogP contribution in [0.25, 0.3) is 0 Å². The van der Waals surface area contributed by atoms with Crippen LogP contribution in [-0.4, -0.2) is 5.78 Å². The zero-order valence-electron chi connectivity index (χ0n) is 14.1. The van der Waals surface area contributed by atoms with Crippen molar-refractivity contribution >= 4 is 22.3 Å². The number of nitrogens with two attached hydrogens (primary N) is 1. The molecule has 4 rings (SSSR count). The van der Waals surface area contributed by atoms with Crippen LogP contribution < -0.4 is 10.3 Å². The van der Waals surface area contributed by atoms with E-state index in [0.29, 0.717) is 12.0 Å². The number of hydrogen-bond donors (Lipinski definition) is 1. The van der Waals surface area contributed by atoms with Gasteiger partial charge in [0.2, 0.25) is 5.78 Å². The van der Waals surface area contributed by atoms with Gasteiger partial charge < -0.3 is 0 Å². The molecule has 3 nitrogen and oxygen atoms in total. The van der Waals surface area contributed by atoms with E-state index in [1.165, 1.54) is 55.5 Å². The molecule has 2 aliphatic carbocycles. The van der Waals surface area contributed by atoms with Crippen molar-refractivity contribution in [1.29, 1.82) is 0 Å². The number of aromatic nitrogens is 1. The summed E-state index contributed by atoms with van der Waals surface area (Å²) < 4.78 is 2.07. The lowest BCUT2D eigenvalue weighted by atomic mass is 9.66. The van der Waals surface area contributed by atoms with E-state index >= 15 is 0 Å². The summed E-state index contributed by atoms with van der Waals surface area (Å²) in [4.78, 5) is 14.0. The van der Waals surface area contributed by atoms with Gasteiger partial charge in [-0.1, -0.05) is 60.9 Å². The molecule has 1 saturated carbocycles. The standard InChI is InChI=1S/C20H24N2OS/c21-19-22(14-17(23)15-7-3-1-4-8-15)16-9-12-20(13-18(16)24-19)10-5-2-6-11-20/h1,3-4,7-8,21H,2,5-6,9-14H2/p+1. The first-order chi connectivity index (χ1) is 11.7. The number of hydrogen-bond acceptors (Lipinski definition) is 3. The van der Waals surface area contributed by atoms with Crippen LogP contribution in [0.2, 0.25) is 0 Å². The summed E-state index contributed by atoms with van der Waals surface area (Å²) in [6, 6.07) is 9.53. The summed E-state index contributed by atoms with van der Waals surface area (Å²) in [6.45, 7) is 0.370. The van der Waals surface area contributed by atoms with Crippen LogP contribution in [0, 0.1) is 5.41 Å². The molecule has 24 heavy (non-hydrogen) atoms. The van der Waals surface area contributed by atoms with Gasteiger partial charge in [-0.25, -0.2) is 4.57 Å². The van der Waals surface area contributed by atoms with Crippen LogP contribution in [0.3, 0.4) is 0 Å². The third-order valence-electron chi connectivity index (χ3n) is 5.88. The van der Waals surface area contributed by atoms with Gasteiger partial charge in [0, 0.05) is 12.0 Å². The quantitative estimate of drug-likeness (QED) is 0.679. The van der Waals surface area contributed by atoms with Gasteiger partial charge in [0.05, 0.1) is 4.88 Å². The number of carbonyl (C=O) groups is 1. The van der Waals surface area contributed by atoms with E-state index in [0.717, 1.165) is 17.1 Å². The van der Waals surface area contributed by atoms with Crippen LogP contribution >= 0.6 is 11.3 Å². The van der Waals surface area contributed by atoms with Gasteiger partial charge in [0.15, 0.2) is 6.54 Å². The molecule has 0 unspecified atom stereocenters. The normalized spacial score (nSPS) is 19.2. The molecule has 2 aliphatic rings. The first-order valence-corrected chi connectivity index (χ1v) is 9.87. The number of thiazole rings is 1. The van der Waals surface area contributed by atoms with E-state index in [1.54, 1.807) is 11.3 Å². The minimum atomic E-state index is 0.144. The number of anilines is 1. The fourth-order valence-electron chi connectivity index (χ4n) is 4.51. The maximum Gasteiger partial charge on any atom is 0.332 e. The molecule has 0 bridgehead atoms. The lowest BCUT2D eigenvalue weighted by molar-refractivity contribution is -0.672. The van der Waals surface area contributed by atoms with Crippen molar-refractivity contribution in [2.75, 3.05) is 5.73 Å². The number of benzene rings is 1. The van der Waals surface area contributed by atoms with Crippen molar-refractivity contribution in [3.05, 3.63) is 46.5 Å². The number of nitrogen functional groups attached to an aromatic ring is 1. The van der Waals surface area contributed by atoms with Crippen LogP contribution in [0.5, 0.6) is 0 Å². The maximum absolute atomic E-state index is 12.6. The van der Waals surface area contributed by atoms with Gasteiger partial charge in [-0.2, -0.15) is 0 Å².